The van der Waals surface area contributed by atoms with E-state index in [9.17, 15) is 13.2 Å². The highest BCUT2D eigenvalue weighted by Gasteiger charge is 2.21. The first-order valence-corrected chi connectivity index (χ1v) is 9.01. The molecule has 0 aliphatic heterocycles. The van der Waals surface area contributed by atoms with E-state index < -0.39 is 15.0 Å². The molecule has 0 saturated carbocycles. The molecule has 1 N–H and O–H groups in total. The van der Waals surface area contributed by atoms with Crippen LogP contribution in [0.1, 0.15) is 0 Å². The smallest absolute Gasteiger partial charge is 0.396 e. The van der Waals surface area contributed by atoms with E-state index >= 15 is 0 Å². The molecular weight excluding hydrogens is 354 g/mol. The van der Waals surface area contributed by atoms with Crippen LogP contribution in [0.25, 0.3) is 10.3 Å². The molecule has 0 radical (unpaired) electrons. The number of sulfonamides is 1. The van der Waals surface area contributed by atoms with Gasteiger partial charge in [0.1, 0.15) is 22.0 Å². The van der Waals surface area contributed by atoms with Crippen molar-refractivity contribution < 1.29 is 22.3 Å². The van der Waals surface area contributed by atoms with Crippen LogP contribution in [0.3, 0.4) is 0 Å². The number of ether oxygens (including phenoxy) is 2. The van der Waals surface area contributed by atoms with Crippen LogP contribution in [0.15, 0.2) is 50.5 Å². The Labute approximate surface area is 141 Å². The van der Waals surface area contributed by atoms with Crippen LogP contribution in [0, 0.1) is 0 Å². The number of fused-ring (bicyclic) bond motifs is 1. The van der Waals surface area contributed by atoms with Crippen LogP contribution >= 0.6 is 11.3 Å². The zero-order valence-electron chi connectivity index (χ0n) is 12.7. The maximum Gasteiger partial charge on any atom is 0.396 e. The zero-order valence-corrected chi connectivity index (χ0v) is 14.4. The lowest BCUT2D eigenvalue weighted by Gasteiger charge is -2.12. The summed E-state index contributed by atoms with van der Waals surface area (Å²) in [6.45, 7) is 0. The van der Waals surface area contributed by atoms with Gasteiger partial charge in [0.15, 0.2) is 0 Å². The van der Waals surface area contributed by atoms with E-state index in [0.717, 1.165) is 11.3 Å². The molecule has 1 heterocycles. The van der Waals surface area contributed by atoms with Crippen molar-refractivity contribution >= 4 is 37.3 Å². The van der Waals surface area contributed by atoms with E-state index in [1.165, 1.54) is 44.6 Å². The van der Waals surface area contributed by atoms with Gasteiger partial charge in [-0.05, 0) is 30.3 Å². The number of rotatable bonds is 5. The van der Waals surface area contributed by atoms with E-state index in [1.807, 2.05) is 0 Å². The Bertz CT molecular complexity index is 1050. The summed E-state index contributed by atoms with van der Waals surface area (Å²) >= 11 is 0.900. The minimum atomic E-state index is -3.91. The summed E-state index contributed by atoms with van der Waals surface area (Å²) in [4.78, 5) is 10.7. The van der Waals surface area contributed by atoms with Crippen LogP contribution < -0.4 is 19.1 Å². The fourth-order valence-corrected chi connectivity index (χ4v) is 4.08. The maximum atomic E-state index is 12.7. The molecule has 3 rings (SSSR count). The van der Waals surface area contributed by atoms with Crippen molar-refractivity contribution in [2.75, 3.05) is 18.9 Å². The molecule has 0 fully saturated rings. The fourth-order valence-electron chi connectivity index (χ4n) is 2.14. The Hall–Kier alpha value is -2.52. The number of hydrogen-bond acceptors (Lipinski definition) is 7. The molecule has 0 atom stereocenters. The SMILES string of the molecule is COc1ccc(OC)c(S(=O)(=O)Nc2ccc3oc(=O)sc3c2)c1. The molecule has 7 nitrogen and oxygen atoms in total. The highest BCUT2D eigenvalue weighted by Crippen LogP contribution is 2.30. The minimum absolute atomic E-state index is 0.0511. The number of benzene rings is 2. The Morgan fingerprint density at radius 2 is 1.88 bits per heavy atom. The van der Waals surface area contributed by atoms with Gasteiger partial charge in [-0.25, -0.2) is 13.2 Å². The van der Waals surface area contributed by atoms with Crippen molar-refractivity contribution in [1.82, 2.24) is 0 Å². The lowest BCUT2D eigenvalue weighted by Crippen LogP contribution is -2.14. The van der Waals surface area contributed by atoms with Gasteiger partial charge in [-0.3, -0.25) is 4.72 Å². The molecule has 0 spiro atoms. The molecule has 0 unspecified atom stereocenters. The molecule has 0 saturated heterocycles. The second-order valence-corrected chi connectivity index (χ2v) is 7.37. The molecule has 9 heteroatoms. The van der Waals surface area contributed by atoms with Gasteiger partial charge in [0, 0.05) is 6.07 Å². The van der Waals surface area contributed by atoms with Gasteiger partial charge in [0.25, 0.3) is 10.0 Å². The van der Waals surface area contributed by atoms with Gasteiger partial charge in [-0.1, -0.05) is 11.3 Å². The van der Waals surface area contributed by atoms with Gasteiger partial charge >= 0.3 is 4.94 Å². The second kappa shape index (κ2) is 6.17. The van der Waals surface area contributed by atoms with Gasteiger partial charge in [-0.2, -0.15) is 0 Å². The monoisotopic (exact) mass is 367 g/mol. The van der Waals surface area contributed by atoms with Crippen LogP contribution in [-0.2, 0) is 10.0 Å². The topological polar surface area (TPSA) is 94.8 Å². The Morgan fingerprint density at radius 3 is 2.58 bits per heavy atom. The molecule has 24 heavy (non-hydrogen) atoms. The predicted octanol–water partition coefficient (Wildman–Crippen LogP) is 2.67. The van der Waals surface area contributed by atoms with Crippen molar-refractivity contribution in [3.05, 3.63) is 46.1 Å². The number of hydrogen-bond donors (Lipinski definition) is 1. The third-order valence-electron chi connectivity index (χ3n) is 3.24. The van der Waals surface area contributed by atoms with E-state index in [0.29, 0.717) is 21.7 Å². The Morgan fingerprint density at radius 1 is 1.08 bits per heavy atom. The van der Waals surface area contributed by atoms with Crippen molar-refractivity contribution in [3.63, 3.8) is 0 Å². The third kappa shape index (κ3) is 3.08. The number of nitrogens with one attached hydrogen (secondary N) is 1. The summed E-state index contributed by atoms with van der Waals surface area (Å²) in [5.41, 5.74) is 0.719. The van der Waals surface area contributed by atoms with Crippen molar-refractivity contribution in [2.45, 2.75) is 4.90 Å². The van der Waals surface area contributed by atoms with Gasteiger partial charge in [0.2, 0.25) is 0 Å². The first kappa shape index (κ1) is 16.3. The van der Waals surface area contributed by atoms with Crippen LogP contribution in [0.4, 0.5) is 5.69 Å². The molecule has 3 aromatic rings. The van der Waals surface area contributed by atoms with Gasteiger partial charge in [-0.15, -0.1) is 0 Å². The van der Waals surface area contributed by atoms with E-state index in [2.05, 4.69) is 4.72 Å². The van der Waals surface area contributed by atoms with E-state index in [-0.39, 0.29) is 10.6 Å². The molecule has 126 valence electrons. The van der Waals surface area contributed by atoms with Crippen molar-refractivity contribution in [1.29, 1.82) is 0 Å². The molecule has 0 aliphatic carbocycles. The van der Waals surface area contributed by atoms with E-state index in [1.54, 1.807) is 6.07 Å². The summed E-state index contributed by atoms with van der Waals surface area (Å²) in [5, 5.41) is 0. The summed E-state index contributed by atoms with van der Waals surface area (Å²) in [5.74, 6) is 0.581. The van der Waals surface area contributed by atoms with Crippen molar-refractivity contribution in [3.8, 4) is 11.5 Å². The first-order chi connectivity index (χ1) is 11.4. The summed E-state index contributed by atoms with van der Waals surface area (Å²) in [7, 11) is -1.08. The van der Waals surface area contributed by atoms with Gasteiger partial charge < -0.3 is 13.9 Å². The third-order valence-corrected chi connectivity index (χ3v) is 5.43. The molecule has 0 aliphatic rings. The van der Waals surface area contributed by atoms with Gasteiger partial charge in [0.05, 0.1) is 24.6 Å². The lowest BCUT2D eigenvalue weighted by atomic mass is 10.3. The fraction of sp³-hybridized carbons (Fsp3) is 0.133. The molecule has 1 aromatic heterocycles. The molecule has 0 bridgehead atoms. The second-order valence-electron chi connectivity index (χ2n) is 4.74. The maximum absolute atomic E-state index is 12.7. The van der Waals surface area contributed by atoms with E-state index in [4.69, 9.17) is 13.9 Å². The largest absolute Gasteiger partial charge is 0.497 e. The predicted molar refractivity (Wildman–Crippen MR) is 90.7 cm³/mol. The zero-order chi connectivity index (χ0) is 17.3. The molecule has 2 aromatic carbocycles. The minimum Gasteiger partial charge on any atom is -0.497 e. The highest BCUT2D eigenvalue weighted by molar-refractivity contribution is 7.92. The first-order valence-electron chi connectivity index (χ1n) is 6.71. The summed E-state index contributed by atoms with van der Waals surface area (Å²) < 4.78 is 43.5. The number of anilines is 1. The normalized spacial score (nSPS) is 11.4. The van der Waals surface area contributed by atoms with Crippen LogP contribution in [0.5, 0.6) is 11.5 Å². The summed E-state index contributed by atoms with van der Waals surface area (Å²) in [6.07, 6.45) is 0. The van der Waals surface area contributed by atoms with Crippen LogP contribution in [0.2, 0.25) is 0 Å². The Kier molecular flexibility index (Phi) is 4.20. The van der Waals surface area contributed by atoms with Crippen molar-refractivity contribution in [2.24, 2.45) is 0 Å². The average molecular weight is 367 g/mol. The quantitative estimate of drug-likeness (QED) is 0.745. The highest BCUT2D eigenvalue weighted by atomic mass is 32.2. The molecular formula is C15H13NO6S2. The number of methoxy groups -OCH3 is 2. The summed E-state index contributed by atoms with van der Waals surface area (Å²) in [6, 6.07) is 9.08. The Balaban J connectivity index is 2.02. The lowest BCUT2D eigenvalue weighted by molar-refractivity contribution is 0.392. The standard InChI is InChI=1S/C15H13NO6S2/c1-20-10-4-6-12(21-2)14(8-10)24(18,19)16-9-3-5-11-13(7-9)23-15(17)22-11/h3-8,16H,1-2H3. The van der Waals surface area contributed by atoms with Crippen LogP contribution in [-0.4, -0.2) is 22.6 Å². The molecule has 0 amide bonds. The average Bonchev–Trinajstić information content (AvgIpc) is 2.93.